The van der Waals surface area contributed by atoms with E-state index in [9.17, 15) is 14.4 Å². The average Bonchev–Trinajstić information content (AvgIpc) is 2.81. The Morgan fingerprint density at radius 3 is 2.59 bits per heavy atom. The lowest BCUT2D eigenvalue weighted by Crippen LogP contribution is -2.58. The Bertz CT molecular complexity index is 1140. The van der Waals surface area contributed by atoms with Gasteiger partial charge in [-0.15, -0.1) is 0 Å². The van der Waals surface area contributed by atoms with Crippen molar-refractivity contribution in [2.24, 2.45) is 10.9 Å². The van der Waals surface area contributed by atoms with Gasteiger partial charge in [0.2, 0.25) is 12.2 Å². The molecule has 1 atom stereocenters. The highest BCUT2D eigenvalue weighted by Crippen LogP contribution is 2.32. The van der Waals surface area contributed by atoms with Crippen LogP contribution in [0.5, 0.6) is 0 Å². The quantitative estimate of drug-likeness (QED) is 0.426. The van der Waals surface area contributed by atoms with Crippen LogP contribution in [0.25, 0.3) is 0 Å². The van der Waals surface area contributed by atoms with E-state index < -0.39 is 17.5 Å². The lowest BCUT2D eigenvalue weighted by molar-refractivity contribution is -0.109. The second-order valence-electron chi connectivity index (χ2n) is 10.9. The van der Waals surface area contributed by atoms with E-state index in [1.165, 1.54) is 36.7 Å². The van der Waals surface area contributed by atoms with Crippen molar-refractivity contribution in [3.05, 3.63) is 52.0 Å². The molecule has 0 radical (unpaired) electrons. The van der Waals surface area contributed by atoms with Crippen LogP contribution in [0, 0.1) is 12.8 Å². The fraction of sp³-hybridized carbons (Fsp3) is 0.571. The van der Waals surface area contributed by atoms with Gasteiger partial charge in [0.25, 0.3) is 5.56 Å². The van der Waals surface area contributed by atoms with Crippen molar-refractivity contribution >= 4 is 23.9 Å². The number of nitrogens with one attached hydrogen (secondary N) is 3. The van der Waals surface area contributed by atoms with Crippen LogP contribution in [0.1, 0.15) is 71.9 Å². The molecule has 0 saturated heterocycles. The van der Waals surface area contributed by atoms with Gasteiger partial charge in [0, 0.05) is 30.1 Å². The molecule has 1 aromatic rings. The molecule has 37 heavy (non-hydrogen) atoms. The van der Waals surface area contributed by atoms with Crippen LogP contribution in [-0.2, 0) is 15.3 Å². The molecule has 0 spiro atoms. The molecule has 0 aromatic carbocycles. The Morgan fingerprint density at radius 1 is 1.24 bits per heavy atom. The van der Waals surface area contributed by atoms with Crippen LogP contribution in [-0.4, -0.2) is 41.5 Å². The molecule has 1 aromatic heterocycles. The number of aryl methyl sites for hydroxylation is 1. The largest absolute Gasteiger partial charge is 0.444 e. The summed E-state index contributed by atoms with van der Waals surface area (Å²) < 4.78 is 7.01. The molecule has 2 amide bonds. The Hall–Kier alpha value is -3.36. The molecule has 9 nitrogen and oxygen atoms in total. The molecule has 2 aliphatic rings. The highest BCUT2D eigenvalue weighted by Gasteiger charge is 2.43. The number of hydrogen-bond acceptors (Lipinski definition) is 6. The summed E-state index contributed by atoms with van der Waals surface area (Å²) in [5.41, 5.74) is 1.55. The fourth-order valence-corrected chi connectivity index (χ4v) is 4.99. The first-order valence-corrected chi connectivity index (χ1v) is 13.1. The minimum atomic E-state index is -1.65. The maximum atomic E-state index is 14.0. The van der Waals surface area contributed by atoms with Crippen LogP contribution in [0.4, 0.5) is 10.5 Å². The smallest absolute Gasteiger partial charge is 0.411 e. The summed E-state index contributed by atoms with van der Waals surface area (Å²) in [4.78, 5) is 43.0. The van der Waals surface area contributed by atoms with Gasteiger partial charge < -0.3 is 15.4 Å². The van der Waals surface area contributed by atoms with Gasteiger partial charge in [-0.1, -0.05) is 38.7 Å². The third-order valence-electron chi connectivity index (χ3n) is 6.84. The molecule has 1 saturated carbocycles. The van der Waals surface area contributed by atoms with Gasteiger partial charge in [-0.25, -0.2) is 9.79 Å². The first-order valence-electron chi connectivity index (χ1n) is 13.1. The Labute approximate surface area is 219 Å². The van der Waals surface area contributed by atoms with Crippen molar-refractivity contribution in [3.63, 3.8) is 0 Å². The minimum absolute atomic E-state index is 0.0420. The van der Waals surface area contributed by atoms with Crippen molar-refractivity contribution in [2.75, 3.05) is 18.4 Å². The van der Waals surface area contributed by atoms with Crippen molar-refractivity contribution in [1.82, 2.24) is 15.2 Å². The summed E-state index contributed by atoms with van der Waals surface area (Å²) in [6.07, 6.45) is 8.88. The first kappa shape index (κ1) is 28.2. The van der Waals surface area contributed by atoms with Crippen molar-refractivity contribution in [1.29, 1.82) is 0 Å². The van der Waals surface area contributed by atoms with Gasteiger partial charge >= 0.3 is 6.09 Å². The number of rotatable bonds is 9. The van der Waals surface area contributed by atoms with E-state index in [-0.39, 0.29) is 12.1 Å². The number of nitrogens with zero attached hydrogens (tertiary/aromatic N) is 2. The summed E-state index contributed by atoms with van der Waals surface area (Å²) in [5.74, 6) is -0.971. The maximum absolute atomic E-state index is 14.0. The molecule has 2 heterocycles. The van der Waals surface area contributed by atoms with Crippen LogP contribution in [0.15, 0.2) is 45.7 Å². The number of amides is 2. The molecular weight excluding hydrogens is 470 g/mol. The third kappa shape index (κ3) is 6.90. The van der Waals surface area contributed by atoms with Gasteiger partial charge in [0.15, 0.2) is 0 Å². The third-order valence-corrected chi connectivity index (χ3v) is 6.84. The number of allylic oxidation sites excluding steroid dienone is 2. The number of carbonyl (C=O) groups is 2. The van der Waals surface area contributed by atoms with Gasteiger partial charge in [-0.2, -0.15) is 0 Å². The number of aromatic nitrogens is 1. The predicted molar refractivity (Wildman–Crippen MR) is 147 cm³/mol. The second kappa shape index (κ2) is 11.8. The van der Waals surface area contributed by atoms with E-state index in [0.717, 1.165) is 6.42 Å². The first-order chi connectivity index (χ1) is 17.5. The molecular formula is C28H41N5O4. The summed E-state index contributed by atoms with van der Waals surface area (Å²) in [6, 6.07) is 3.59. The molecule has 3 rings (SSSR count). The molecule has 202 valence electrons. The summed E-state index contributed by atoms with van der Waals surface area (Å²) >= 11 is 0. The van der Waals surface area contributed by atoms with Gasteiger partial charge in [-0.05, 0) is 70.7 Å². The standard InChI is InChI=1S/C28H41N5O4/c1-19-16-23(17-29-18-34)28(31-21(19)3,32-26(36)37-27(4,5)6)33-20(2)12-13-24(25(33)35)30-15-14-22-10-8-7-9-11-22/h12-13,16,18,22,30H,1,7-11,14-15,17H2,2-6H3,(H,29,34)(H,32,36). The predicted octanol–water partition coefficient (Wildman–Crippen LogP) is 4.38. The number of alkyl carbamates (subject to hydrolysis) is 1. The SMILES string of the molecule is C=C1C=C(CNC=O)C(NC(=O)OC(C)(C)C)(n2c(C)ccc(NCCC3CCCCC3)c2=O)N=C1C. The van der Waals surface area contributed by atoms with E-state index in [2.05, 4.69) is 22.5 Å². The zero-order valence-corrected chi connectivity index (χ0v) is 22.8. The zero-order valence-electron chi connectivity index (χ0n) is 22.8. The Kier molecular flexibility index (Phi) is 8.99. The average molecular weight is 512 g/mol. The van der Waals surface area contributed by atoms with Gasteiger partial charge in [0.1, 0.15) is 11.3 Å². The number of pyridine rings is 1. The van der Waals surface area contributed by atoms with E-state index in [0.29, 0.717) is 47.1 Å². The normalized spacial score (nSPS) is 20.5. The lowest BCUT2D eigenvalue weighted by Gasteiger charge is -2.39. The van der Waals surface area contributed by atoms with E-state index in [4.69, 9.17) is 9.73 Å². The molecule has 1 fully saturated rings. The zero-order chi connectivity index (χ0) is 27.2. The summed E-state index contributed by atoms with van der Waals surface area (Å²) in [5, 5.41) is 8.81. The molecule has 1 aliphatic heterocycles. The van der Waals surface area contributed by atoms with E-state index >= 15 is 0 Å². The molecule has 3 N–H and O–H groups in total. The van der Waals surface area contributed by atoms with Crippen LogP contribution < -0.4 is 21.5 Å². The maximum Gasteiger partial charge on any atom is 0.411 e. The van der Waals surface area contributed by atoms with Crippen molar-refractivity contribution in [2.45, 2.75) is 84.5 Å². The van der Waals surface area contributed by atoms with Crippen molar-refractivity contribution in [3.8, 4) is 0 Å². The highest BCUT2D eigenvalue weighted by molar-refractivity contribution is 6.01. The fourth-order valence-electron chi connectivity index (χ4n) is 4.99. The molecule has 0 bridgehead atoms. The number of ether oxygens (including phenoxy) is 1. The number of aliphatic imine (C=N–C) groups is 1. The van der Waals surface area contributed by atoms with Crippen LogP contribution >= 0.6 is 0 Å². The Balaban J connectivity index is 2.05. The number of hydrogen-bond donors (Lipinski definition) is 3. The van der Waals surface area contributed by atoms with E-state index in [1.54, 1.807) is 46.8 Å². The summed E-state index contributed by atoms with van der Waals surface area (Å²) in [6.45, 7) is 13.6. The second-order valence-corrected chi connectivity index (χ2v) is 10.9. The van der Waals surface area contributed by atoms with Crippen molar-refractivity contribution < 1.29 is 14.3 Å². The Morgan fingerprint density at radius 2 is 1.95 bits per heavy atom. The topological polar surface area (TPSA) is 114 Å². The highest BCUT2D eigenvalue weighted by atomic mass is 16.6. The van der Waals surface area contributed by atoms with E-state index in [1.807, 2.05) is 6.07 Å². The van der Waals surface area contributed by atoms with Gasteiger partial charge in [-0.3, -0.25) is 19.5 Å². The molecule has 1 aliphatic carbocycles. The summed E-state index contributed by atoms with van der Waals surface area (Å²) in [7, 11) is 0. The minimum Gasteiger partial charge on any atom is -0.444 e. The van der Waals surface area contributed by atoms with Crippen LogP contribution in [0.2, 0.25) is 0 Å². The number of dihydropyridines is 1. The lowest BCUT2D eigenvalue weighted by atomic mass is 9.87. The number of anilines is 1. The monoisotopic (exact) mass is 511 g/mol. The van der Waals surface area contributed by atoms with Crippen LogP contribution in [0.3, 0.4) is 0 Å². The number of carbonyl (C=O) groups excluding carboxylic acids is 2. The molecule has 9 heteroatoms. The molecule has 1 unspecified atom stereocenters. The van der Waals surface area contributed by atoms with Gasteiger partial charge in [0.05, 0.1) is 0 Å².